The fraction of sp³-hybridized carbons (Fsp3) is 0.364. The Balaban J connectivity index is 0.000000264. The molecule has 150 valence electrons. The molecular formula is C22H24F3N2W-. The minimum atomic E-state index is -1.14. The number of halogens is 3. The van der Waals surface area contributed by atoms with Gasteiger partial charge in [-0.05, 0) is 38.8 Å². The summed E-state index contributed by atoms with van der Waals surface area (Å²) in [6.07, 6.45) is 0.995. The van der Waals surface area contributed by atoms with Gasteiger partial charge in [0.1, 0.15) is 5.67 Å². The van der Waals surface area contributed by atoms with E-state index in [0.717, 1.165) is 31.2 Å². The number of alkyl halides is 1. The van der Waals surface area contributed by atoms with Gasteiger partial charge in [-0.2, -0.15) is 6.07 Å². The number of nitrogens with zero attached hydrogens (tertiary/aromatic N) is 1. The standard InChI is InChI=1S/C16H21FN2.C6H3F2.W/c1-11-8-13-12-6-4-5-7-14(12)18-15(13)9-19(11)10-16(2,3)17;7-5-2-1-3-6(8)4-5;/h4-7,11,18H,8-10H2,1-3H3;2-4H;/q;-1;. The van der Waals surface area contributed by atoms with Crippen LogP contribution in [-0.2, 0) is 34.0 Å². The molecule has 2 nitrogen and oxygen atoms in total. The van der Waals surface area contributed by atoms with Gasteiger partial charge in [-0.1, -0.05) is 18.2 Å². The maximum absolute atomic E-state index is 13.9. The quantitative estimate of drug-likeness (QED) is 0.417. The van der Waals surface area contributed by atoms with Gasteiger partial charge in [0.2, 0.25) is 0 Å². The number of rotatable bonds is 2. The van der Waals surface area contributed by atoms with E-state index >= 15 is 0 Å². The monoisotopic (exact) mass is 557 g/mol. The Morgan fingerprint density at radius 3 is 2.39 bits per heavy atom. The van der Waals surface area contributed by atoms with Gasteiger partial charge in [0.15, 0.2) is 0 Å². The molecule has 2 heterocycles. The van der Waals surface area contributed by atoms with Gasteiger partial charge in [-0.3, -0.25) is 13.7 Å². The first kappa shape index (κ1) is 22.7. The number of hydrogen-bond donors (Lipinski definition) is 1. The number of benzene rings is 2. The summed E-state index contributed by atoms with van der Waals surface area (Å²) in [5, 5.41) is 1.32. The molecule has 0 saturated heterocycles. The van der Waals surface area contributed by atoms with Crippen LogP contribution in [0.25, 0.3) is 10.9 Å². The van der Waals surface area contributed by atoms with Gasteiger partial charge in [0.05, 0.1) is 0 Å². The van der Waals surface area contributed by atoms with Gasteiger partial charge in [-0.25, -0.2) is 4.39 Å². The molecule has 1 atom stereocenters. The van der Waals surface area contributed by atoms with E-state index in [4.69, 9.17) is 0 Å². The minimum absolute atomic E-state index is 0. The first-order valence-corrected chi connectivity index (χ1v) is 9.06. The normalized spacial score (nSPS) is 16.7. The Hall–Kier alpha value is -1.58. The van der Waals surface area contributed by atoms with Crippen LogP contribution < -0.4 is 0 Å². The molecule has 0 saturated carbocycles. The zero-order valence-corrected chi connectivity index (χ0v) is 19.2. The largest absolute Gasteiger partial charge is 0.357 e. The smallest absolute Gasteiger partial charge is 0.118 e. The van der Waals surface area contributed by atoms with Crippen LogP contribution in [0.5, 0.6) is 0 Å². The van der Waals surface area contributed by atoms with E-state index in [1.165, 1.54) is 22.2 Å². The molecule has 0 spiro atoms. The molecule has 0 fully saturated rings. The third-order valence-corrected chi connectivity index (χ3v) is 4.68. The molecule has 1 aliphatic heterocycles. The average Bonchev–Trinajstić information content (AvgIpc) is 2.92. The van der Waals surface area contributed by atoms with Crippen LogP contribution in [0.1, 0.15) is 32.0 Å². The molecule has 1 unspecified atom stereocenters. The van der Waals surface area contributed by atoms with Crippen molar-refractivity contribution >= 4 is 10.9 Å². The van der Waals surface area contributed by atoms with E-state index in [9.17, 15) is 13.2 Å². The van der Waals surface area contributed by atoms with Crippen LogP contribution in [0.2, 0.25) is 0 Å². The summed E-state index contributed by atoms with van der Waals surface area (Å²) in [6, 6.07) is 14.0. The second-order valence-corrected chi connectivity index (χ2v) is 7.67. The topological polar surface area (TPSA) is 19.0 Å². The van der Waals surface area contributed by atoms with Crippen molar-refractivity contribution in [2.75, 3.05) is 6.54 Å². The van der Waals surface area contributed by atoms with Gasteiger partial charge >= 0.3 is 0 Å². The van der Waals surface area contributed by atoms with Gasteiger partial charge in [-0.15, -0.1) is 18.2 Å². The Morgan fingerprint density at radius 1 is 1.18 bits per heavy atom. The number of hydrogen-bond acceptors (Lipinski definition) is 1. The number of fused-ring (bicyclic) bond motifs is 3. The molecule has 0 amide bonds. The Kier molecular flexibility index (Phi) is 7.52. The number of aromatic amines is 1. The SMILES string of the molecule is CC1Cc2c([nH]c3ccccc23)CN1CC(C)(C)F.Fc1c[c-]cc(F)c1.[W]. The Morgan fingerprint density at radius 2 is 1.82 bits per heavy atom. The van der Waals surface area contributed by atoms with Crippen LogP contribution in [0.15, 0.2) is 42.5 Å². The zero-order chi connectivity index (χ0) is 19.6. The maximum atomic E-state index is 13.9. The molecule has 6 heteroatoms. The van der Waals surface area contributed by atoms with Gasteiger partial charge in [0.25, 0.3) is 0 Å². The molecular weight excluding hydrogens is 533 g/mol. The molecule has 3 aromatic rings. The minimum Gasteiger partial charge on any atom is -0.357 e. The van der Waals surface area contributed by atoms with Crippen LogP contribution in [-0.4, -0.2) is 28.1 Å². The second kappa shape index (κ2) is 9.28. The molecule has 0 bridgehead atoms. The van der Waals surface area contributed by atoms with Gasteiger partial charge in [0, 0.05) is 68.4 Å². The third kappa shape index (κ3) is 5.71. The molecule has 28 heavy (non-hydrogen) atoms. The number of nitrogens with one attached hydrogen (secondary N) is 1. The van der Waals surface area contributed by atoms with Crippen molar-refractivity contribution in [1.29, 1.82) is 0 Å². The van der Waals surface area contributed by atoms with Crippen molar-refractivity contribution in [2.24, 2.45) is 0 Å². The van der Waals surface area contributed by atoms with E-state index in [1.807, 2.05) is 0 Å². The number of aromatic nitrogens is 1. The second-order valence-electron chi connectivity index (χ2n) is 7.67. The van der Waals surface area contributed by atoms with Crippen molar-refractivity contribution in [2.45, 2.75) is 45.4 Å². The van der Waals surface area contributed by atoms with Crippen molar-refractivity contribution in [1.82, 2.24) is 9.88 Å². The molecule has 4 rings (SSSR count). The predicted octanol–water partition coefficient (Wildman–Crippen LogP) is 5.43. The predicted molar refractivity (Wildman–Crippen MR) is 102 cm³/mol. The van der Waals surface area contributed by atoms with Gasteiger partial charge < -0.3 is 4.98 Å². The fourth-order valence-electron chi connectivity index (χ4n) is 3.52. The summed E-state index contributed by atoms with van der Waals surface area (Å²) in [7, 11) is 0. The van der Waals surface area contributed by atoms with Crippen molar-refractivity contribution in [3.8, 4) is 0 Å². The number of para-hydroxylation sites is 1. The van der Waals surface area contributed by atoms with E-state index < -0.39 is 17.3 Å². The first-order chi connectivity index (χ1) is 12.7. The zero-order valence-electron chi connectivity index (χ0n) is 16.2. The van der Waals surface area contributed by atoms with E-state index in [-0.39, 0.29) is 21.1 Å². The van der Waals surface area contributed by atoms with E-state index in [2.05, 4.69) is 47.1 Å². The fourth-order valence-corrected chi connectivity index (χ4v) is 3.52. The Bertz CT molecular complexity index is 900. The van der Waals surface area contributed by atoms with Crippen molar-refractivity contribution < 1.29 is 34.2 Å². The summed E-state index contributed by atoms with van der Waals surface area (Å²) < 4.78 is 37.7. The summed E-state index contributed by atoms with van der Waals surface area (Å²) in [6.45, 7) is 6.80. The van der Waals surface area contributed by atoms with E-state index in [0.29, 0.717) is 12.6 Å². The molecule has 1 aromatic heterocycles. The van der Waals surface area contributed by atoms with Crippen LogP contribution in [0.3, 0.4) is 0 Å². The Labute approximate surface area is 178 Å². The summed E-state index contributed by atoms with van der Waals surface area (Å²) in [5.74, 6) is -1.19. The average molecular weight is 557 g/mol. The number of H-pyrrole nitrogens is 1. The van der Waals surface area contributed by atoms with Crippen molar-refractivity contribution in [3.05, 3.63) is 71.4 Å². The summed E-state index contributed by atoms with van der Waals surface area (Å²) in [5.41, 5.74) is 2.72. The molecule has 0 radical (unpaired) electrons. The van der Waals surface area contributed by atoms with E-state index in [1.54, 1.807) is 13.8 Å². The summed E-state index contributed by atoms with van der Waals surface area (Å²) >= 11 is 0. The molecule has 0 aliphatic carbocycles. The molecule has 2 aromatic carbocycles. The van der Waals surface area contributed by atoms with Crippen LogP contribution in [0.4, 0.5) is 13.2 Å². The van der Waals surface area contributed by atoms with Crippen molar-refractivity contribution in [3.63, 3.8) is 0 Å². The molecule has 1 N–H and O–H groups in total. The van der Waals surface area contributed by atoms with Crippen LogP contribution in [0, 0.1) is 17.7 Å². The third-order valence-electron chi connectivity index (χ3n) is 4.68. The first-order valence-electron chi connectivity index (χ1n) is 9.06. The molecule has 1 aliphatic rings. The summed E-state index contributed by atoms with van der Waals surface area (Å²) in [4.78, 5) is 5.72. The maximum Gasteiger partial charge on any atom is 0.118 e. The van der Waals surface area contributed by atoms with Crippen LogP contribution >= 0.6 is 0 Å².